The lowest BCUT2D eigenvalue weighted by Gasteiger charge is -2.40. The molecule has 4 unspecified atom stereocenters. The van der Waals surface area contributed by atoms with Gasteiger partial charge in [0, 0.05) is 80.8 Å². The fourth-order valence-corrected chi connectivity index (χ4v) is 9.44. The average Bonchev–Trinajstić information content (AvgIpc) is 4.20. The number of amides is 2. The first-order valence-electron chi connectivity index (χ1n) is 24.5. The van der Waals surface area contributed by atoms with E-state index in [0.717, 1.165) is 28.1 Å². The summed E-state index contributed by atoms with van der Waals surface area (Å²) in [5, 5.41) is 17.7. The maximum Gasteiger partial charge on any atom is 0.243 e. The molecule has 1 aliphatic rings. The third kappa shape index (κ3) is 12.2. The molecule has 1 aliphatic heterocycles. The molecule has 5 aromatic carbocycles. The first-order chi connectivity index (χ1) is 36.3. The van der Waals surface area contributed by atoms with Crippen molar-refractivity contribution in [3.8, 4) is 35.1 Å². The molecule has 0 aliphatic carbocycles. The Bertz CT molecular complexity index is 3210. The normalized spacial score (nSPS) is 14.8. The second kappa shape index (κ2) is 24.2. The number of nitrogens with two attached hydrogens (primary N) is 1. The number of hydrogen-bond donors (Lipinski definition) is 3. The Morgan fingerprint density at radius 1 is 0.920 bits per heavy atom. The number of hydrogen-bond acceptors (Lipinski definition) is 13. The van der Waals surface area contributed by atoms with Gasteiger partial charge in [-0.25, -0.2) is 18.6 Å². The van der Waals surface area contributed by atoms with Crippen molar-refractivity contribution in [3.05, 3.63) is 168 Å². The van der Waals surface area contributed by atoms with Crippen LogP contribution >= 0.6 is 0 Å². The first kappa shape index (κ1) is 53.0. The number of methoxy groups -OCH3 is 1. The molecule has 0 saturated carbocycles. The topological polar surface area (TPSA) is 206 Å². The van der Waals surface area contributed by atoms with Crippen LogP contribution in [0.15, 0.2) is 139 Å². The lowest BCUT2D eigenvalue weighted by atomic mass is 9.94. The zero-order chi connectivity index (χ0) is 53.1. The minimum atomic E-state index is -1.94. The molecule has 0 saturated heterocycles. The van der Waals surface area contributed by atoms with Gasteiger partial charge in [0.25, 0.3) is 0 Å². The molecule has 0 radical (unpaired) electrons. The Labute approximate surface area is 439 Å². The van der Waals surface area contributed by atoms with Crippen LogP contribution in [0.3, 0.4) is 0 Å². The third-order valence-electron chi connectivity index (χ3n) is 12.7. The number of anilines is 3. The Morgan fingerprint density at radius 2 is 1.65 bits per heavy atom. The van der Waals surface area contributed by atoms with Crippen LogP contribution in [0, 0.1) is 31.9 Å². The van der Waals surface area contributed by atoms with Gasteiger partial charge in [-0.15, -0.1) is 9.89 Å². The summed E-state index contributed by atoms with van der Waals surface area (Å²) in [5.74, 6) is 1.96. The Morgan fingerprint density at radius 3 is 2.33 bits per heavy atom. The molecule has 4 atom stereocenters. The van der Waals surface area contributed by atoms with Crippen molar-refractivity contribution in [3.63, 3.8) is 0 Å². The molecule has 18 nitrogen and oxygen atoms in total. The molecule has 19 heteroatoms. The zero-order valence-corrected chi connectivity index (χ0v) is 43.8. The van der Waals surface area contributed by atoms with E-state index in [4.69, 9.17) is 44.4 Å². The standard InChI is InChI=1S/C56H61N11O7S/c1-8-43(37-72-50-25-15-38(2)33-39(50)3)54(69)60-45-16-26-51(74-49-23-21-48(71-7)22-24-49)44(35-45)27-32-73-75(70)59-36-40(4)53-61-55-56(65-30-12-29-58-65,52(62-67(55)63-53)34-42-13-10-9-11-14-42)66(41(5)68)47-19-17-46(18-20-47)64(6)31-28-57/h9-26,29-30,33,35,40,43,59H,8,27,32,34,36-37,57H2,1-7H3,(H,60,69). The number of aromatic nitrogens is 5. The van der Waals surface area contributed by atoms with Crippen LogP contribution in [0.1, 0.15) is 67.0 Å². The highest BCUT2D eigenvalue weighted by atomic mass is 32.2. The van der Waals surface area contributed by atoms with Gasteiger partial charge in [-0.2, -0.15) is 10.2 Å². The number of ether oxygens (including phenoxy) is 3. The van der Waals surface area contributed by atoms with Crippen molar-refractivity contribution in [2.24, 2.45) is 16.8 Å². The van der Waals surface area contributed by atoms with Crippen molar-refractivity contribution in [2.75, 3.05) is 49.0 Å². The second-order valence-corrected chi connectivity index (χ2v) is 19.0. The molecule has 388 valence electrons. The second-order valence-electron chi connectivity index (χ2n) is 18.0. The van der Waals surface area contributed by atoms with E-state index in [1.54, 1.807) is 83.5 Å². The Balaban J connectivity index is 0.985. The van der Waals surface area contributed by atoms with Gasteiger partial charge >= 0.3 is 0 Å². The van der Waals surface area contributed by atoms with Gasteiger partial charge in [-0.05, 0) is 116 Å². The summed E-state index contributed by atoms with van der Waals surface area (Å²) >= 11 is -1.94. The SMILES string of the molecule is CCC(COc1ccc(C)cc1C)C(=O)Nc1ccc(Oc2ccc(OC)cc2)c(CCOS(=O)NCC(C)c2nc3n(n2)N=C(Cc2ccccc2)C3(N(C(C)=O)c2ccc(N(C)C#CN)cc2)n2cccn2)c1. The van der Waals surface area contributed by atoms with E-state index in [0.29, 0.717) is 64.4 Å². The molecule has 2 amide bonds. The smallest absolute Gasteiger partial charge is 0.243 e. The molecule has 3 heterocycles. The molecule has 4 N–H and O–H groups in total. The number of benzene rings is 5. The van der Waals surface area contributed by atoms with E-state index in [1.165, 1.54) is 11.7 Å². The van der Waals surface area contributed by atoms with E-state index in [9.17, 15) is 13.8 Å². The maximum atomic E-state index is 14.2. The summed E-state index contributed by atoms with van der Waals surface area (Å²) < 4.78 is 41.7. The quantitative estimate of drug-likeness (QED) is 0.0412. The van der Waals surface area contributed by atoms with E-state index in [-0.39, 0.29) is 38.0 Å². The predicted octanol–water partition coefficient (Wildman–Crippen LogP) is 8.00. The summed E-state index contributed by atoms with van der Waals surface area (Å²) in [6.45, 7) is 9.76. The molecule has 0 bridgehead atoms. The molecule has 7 aromatic rings. The summed E-state index contributed by atoms with van der Waals surface area (Å²) in [5.41, 5.74) is 10.2. The highest BCUT2D eigenvalue weighted by Gasteiger charge is 2.56. The minimum absolute atomic E-state index is 0.0343. The number of fused-ring (bicyclic) bond motifs is 1. The molecular weight excluding hydrogens is 971 g/mol. The van der Waals surface area contributed by atoms with Gasteiger partial charge in [-0.1, -0.05) is 61.9 Å². The van der Waals surface area contributed by atoms with E-state index < -0.39 is 28.8 Å². The van der Waals surface area contributed by atoms with Gasteiger partial charge in [0.2, 0.25) is 34.6 Å². The summed E-state index contributed by atoms with van der Waals surface area (Å²) in [7, 11) is 3.39. The maximum absolute atomic E-state index is 14.2. The third-order valence-corrected chi connectivity index (χ3v) is 13.5. The largest absolute Gasteiger partial charge is 0.497 e. The lowest BCUT2D eigenvalue weighted by molar-refractivity contribution is -0.121. The van der Waals surface area contributed by atoms with Crippen LogP contribution in [0.25, 0.3) is 0 Å². The number of carbonyl (C=O) groups is 2. The van der Waals surface area contributed by atoms with Gasteiger partial charge < -0.3 is 30.2 Å². The zero-order valence-electron chi connectivity index (χ0n) is 43.0. The van der Waals surface area contributed by atoms with Crippen LogP contribution in [0.5, 0.6) is 23.0 Å². The Kier molecular flexibility index (Phi) is 17.1. The summed E-state index contributed by atoms with van der Waals surface area (Å²) in [6, 6.07) is 42.7. The van der Waals surface area contributed by atoms with Crippen LogP contribution < -0.4 is 39.8 Å². The molecule has 8 rings (SSSR count). The molecule has 2 aromatic heterocycles. The van der Waals surface area contributed by atoms with Gasteiger partial charge in [0.05, 0.1) is 26.2 Å². The predicted molar refractivity (Wildman–Crippen MR) is 290 cm³/mol. The first-order valence-corrected chi connectivity index (χ1v) is 25.6. The number of nitrogens with one attached hydrogen (secondary N) is 2. The van der Waals surface area contributed by atoms with Gasteiger partial charge in [0.15, 0.2) is 5.82 Å². The highest BCUT2D eigenvalue weighted by Crippen LogP contribution is 2.41. The van der Waals surface area contributed by atoms with E-state index in [1.807, 2.05) is 107 Å². The molecule has 0 fully saturated rings. The number of aryl methyl sites for hydroxylation is 2. The van der Waals surface area contributed by atoms with Gasteiger partial charge in [-0.3, -0.25) is 18.7 Å². The number of rotatable bonds is 23. The fourth-order valence-electron chi connectivity index (χ4n) is 8.74. The minimum Gasteiger partial charge on any atom is -0.497 e. The van der Waals surface area contributed by atoms with E-state index in [2.05, 4.69) is 22.1 Å². The number of nitrogens with zero attached hydrogens (tertiary/aromatic N) is 8. The summed E-state index contributed by atoms with van der Waals surface area (Å²) in [4.78, 5) is 37.7. The molecule has 75 heavy (non-hydrogen) atoms. The van der Waals surface area contributed by atoms with Crippen LogP contribution in [0.4, 0.5) is 17.1 Å². The Hall–Kier alpha value is -8.31. The van der Waals surface area contributed by atoms with Crippen LogP contribution in [-0.4, -0.2) is 80.3 Å². The number of carbonyl (C=O) groups excluding carboxylic acids is 2. The van der Waals surface area contributed by atoms with E-state index >= 15 is 0 Å². The summed E-state index contributed by atoms with van der Waals surface area (Å²) in [6.07, 6.45) is 4.61. The van der Waals surface area contributed by atoms with Crippen LogP contribution in [0.2, 0.25) is 0 Å². The highest BCUT2D eigenvalue weighted by molar-refractivity contribution is 7.78. The van der Waals surface area contributed by atoms with Crippen LogP contribution in [-0.2, 0) is 43.5 Å². The average molecular weight is 1030 g/mol. The molecular formula is C56H61N11O7S. The van der Waals surface area contributed by atoms with Crippen molar-refractivity contribution >= 4 is 45.9 Å². The molecule has 0 spiro atoms. The van der Waals surface area contributed by atoms with Crippen molar-refractivity contribution < 1.29 is 32.2 Å². The van der Waals surface area contributed by atoms with Gasteiger partial charge in [0.1, 0.15) is 28.7 Å². The van der Waals surface area contributed by atoms with Crippen molar-refractivity contribution in [1.82, 2.24) is 29.4 Å². The fraction of sp³-hybridized carbons (Fsp3) is 0.286. The van der Waals surface area contributed by atoms with Crippen molar-refractivity contribution in [1.29, 1.82) is 0 Å². The monoisotopic (exact) mass is 1030 g/mol. The van der Waals surface area contributed by atoms with Crippen molar-refractivity contribution in [2.45, 2.75) is 65.5 Å². The lowest BCUT2D eigenvalue weighted by Crippen LogP contribution is -2.59.